The summed E-state index contributed by atoms with van der Waals surface area (Å²) in [7, 11) is -2.13. The Morgan fingerprint density at radius 2 is 2.15 bits per heavy atom. The Morgan fingerprint density at radius 1 is 1.31 bits per heavy atom. The van der Waals surface area contributed by atoms with Gasteiger partial charge in [0.2, 0.25) is 0 Å². The normalized spacial score (nSPS) is 19.1. The molecule has 200 valence electrons. The zero-order valence-corrected chi connectivity index (χ0v) is 23.5. The van der Waals surface area contributed by atoms with Gasteiger partial charge >= 0.3 is 0 Å². The molecule has 39 heavy (non-hydrogen) atoms. The van der Waals surface area contributed by atoms with Crippen LogP contribution in [-0.2, 0) is 0 Å². The van der Waals surface area contributed by atoms with E-state index in [-0.39, 0.29) is 16.6 Å². The molecule has 0 radical (unpaired) electrons. The summed E-state index contributed by atoms with van der Waals surface area (Å²) in [5.74, 6) is 1.02. The number of β-amino-alcohol motifs (C(OH)–C–C–N with tert-alkyl or cyclic N) is 1. The third kappa shape index (κ3) is 5.18. The van der Waals surface area contributed by atoms with Gasteiger partial charge in [-0.2, -0.15) is 10.4 Å². The van der Waals surface area contributed by atoms with Crippen molar-refractivity contribution in [3.05, 3.63) is 71.4 Å². The number of fused-ring (bicyclic) bond motifs is 1. The quantitative estimate of drug-likeness (QED) is 0.329. The maximum Gasteiger partial charge on any atom is 0.263 e. The molecule has 5 rings (SSSR count). The first kappa shape index (κ1) is 26.6. The van der Waals surface area contributed by atoms with Crippen LogP contribution in [0, 0.1) is 11.3 Å². The fourth-order valence-corrected chi connectivity index (χ4v) is 8.10. The van der Waals surface area contributed by atoms with Gasteiger partial charge in [-0.15, -0.1) is 0 Å². The molecule has 1 amide bonds. The van der Waals surface area contributed by atoms with E-state index < -0.39 is 14.2 Å². The van der Waals surface area contributed by atoms with Crippen molar-refractivity contribution < 1.29 is 14.6 Å². The van der Waals surface area contributed by atoms with Crippen LogP contribution in [0.3, 0.4) is 0 Å². The van der Waals surface area contributed by atoms with Gasteiger partial charge in [0.15, 0.2) is 8.96 Å². The van der Waals surface area contributed by atoms with E-state index in [4.69, 9.17) is 21.3 Å². The molecule has 1 fully saturated rings. The van der Waals surface area contributed by atoms with Crippen molar-refractivity contribution >= 4 is 37.8 Å². The number of rotatable bonds is 7. The maximum atomic E-state index is 12.8. The van der Waals surface area contributed by atoms with Crippen molar-refractivity contribution in [3.63, 3.8) is 0 Å². The molecule has 0 saturated carbocycles. The lowest BCUT2D eigenvalue weighted by atomic mass is 10.1. The van der Waals surface area contributed by atoms with Crippen molar-refractivity contribution in [2.24, 2.45) is 0 Å². The van der Waals surface area contributed by atoms with Gasteiger partial charge in [-0.25, -0.2) is 14.5 Å². The molecule has 1 aliphatic rings. The number of nitrogens with zero attached hydrogens (tertiary/aromatic N) is 6. The number of aliphatic hydroxyl groups is 1. The highest BCUT2D eigenvalue weighted by Crippen LogP contribution is 2.32. The Hall–Kier alpha value is -3.98. The van der Waals surface area contributed by atoms with E-state index in [0.717, 1.165) is 16.9 Å². The van der Waals surface area contributed by atoms with Crippen molar-refractivity contribution in [1.82, 2.24) is 24.6 Å². The van der Waals surface area contributed by atoms with Gasteiger partial charge in [-0.1, -0.05) is 18.5 Å². The monoisotopic (exact) mass is 561 g/mol. The molecular formula is C27H28ClN7O3Si. The third-order valence-electron chi connectivity index (χ3n) is 7.09. The number of nitriles is 1. The molecule has 10 nitrogen and oxygen atoms in total. The van der Waals surface area contributed by atoms with Crippen LogP contribution in [0.1, 0.15) is 36.3 Å². The molecule has 0 bridgehead atoms. The lowest BCUT2D eigenvalue weighted by molar-refractivity contribution is 0.0928. The third-order valence-corrected chi connectivity index (χ3v) is 10.7. The molecule has 0 aromatic carbocycles. The highest BCUT2D eigenvalue weighted by molar-refractivity contribution is 6.63. The van der Waals surface area contributed by atoms with E-state index in [1.165, 1.54) is 12.4 Å². The number of anilines is 1. The number of amides is 1. The predicted molar refractivity (Wildman–Crippen MR) is 150 cm³/mol. The largest absolute Gasteiger partial charge is 0.492 e. The number of carbonyl (C=O) groups excluding carboxylic acids is 1. The minimum absolute atomic E-state index is 0.171. The van der Waals surface area contributed by atoms with E-state index in [2.05, 4.69) is 21.1 Å². The van der Waals surface area contributed by atoms with E-state index >= 15 is 0 Å². The van der Waals surface area contributed by atoms with E-state index in [1.807, 2.05) is 36.9 Å². The molecule has 5 heterocycles. The summed E-state index contributed by atoms with van der Waals surface area (Å²) in [4.78, 5) is 26.8. The number of pyridine rings is 3. The van der Waals surface area contributed by atoms with Crippen molar-refractivity contribution in [1.29, 1.82) is 5.26 Å². The molecule has 1 aliphatic heterocycles. The lowest BCUT2D eigenvalue weighted by Gasteiger charge is -2.44. The van der Waals surface area contributed by atoms with Crippen LogP contribution in [0.25, 0.3) is 16.6 Å². The van der Waals surface area contributed by atoms with Crippen LogP contribution in [0.5, 0.6) is 5.75 Å². The summed E-state index contributed by atoms with van der Waals surface area (Å²) >= 11 is 6.15. The fraction of sp³-hybridized carbons (Fsp3) is 0.296. The fourth-order valence-electron chi connectivity index (χ4n) is 4.99. The molecule has 0 aliphatic carbocycles. The Balaban J connectivity index is 1.37. The van der Waals surface area contributed by atoms with Gasteiger partial charge in [0.05, 0.1) is 40.3 Å². The van der Waals surface area contributed by atoms with Crippen LogP contribution >= 0.6 is 11.6 Å². The summed E-state index contributed by atoms with van der Waals surface area (Å²) in [6.07, 6.45) is 7.07. The van der Waals surface area contributed by atoms with Crippen LogP contribution in [0.15, 0.2) is 55.1 Å². The van der Waals surface area contributed by atoms with Gasteiger partial charge in [-0.05, 0) is 49.7 Å². The highest BCUT2D eigenvalue weighted by Gasteiger charge is 2.43. The summed E-state index contributed by atoms with van der Waals surface area (Å²) in [5.41, 5.74) is 2.93. The zero-order chi connectivity index (χ0) is 27.6. The first-order chi connectivity index (χ1) is 18.9. The highest BCUT2D eigenvalue weighted by atomic mass is 35.5. The van der Waals surface area contributed by atoms with Gasteiger partial charge < -0.3 is 19.7 Å². The molecule has 2 N–H and O–H groups in total. The summed E-state index contributed by atoms with van der Waals surface area (Å²) in [6.45, 7) is 5.34. The molecule has 0 unspecified atom stereocenters. The number of hydrogen-bond acceptors (Lipinski definition) is 8. The number of halogens is 1. The van der Waals surface area contributed by atoms with E-state index in [9.17, 15) is 15.2 Å². The second-order valence-electron chi connectivity index (χ2n) is 9.42. The smallest absolute Gasteiger partial charge is 0.263 e. The summed E-state index contributed by atoms with van der Waals surface area (Å²) in [5, 5.41) is 24.7. The summed E-state index contributed by atoms with van der Waals surface area (Å²) < 4.78 is 7.36. The maximum absolute atomic E-state index is 12.8. The number of nitrogens with one attached hydrogen (secondary N) is 1. The van der Waals surface area contributed by atoms with E-state index in [1.54, 1.807) is 29.0 Å². The van der Waals surface area contributed by atoms with Crippen LogP contribution in [-0.4, -0.2) is 64.5 Å². The van der Waals surface area contributed by atoms with Gasteiger partial charge in [0, 0.05) is 36.6 Å². The average Bonchev–Trinajstić information content (AvgIpc) is 3.37. The topological polar surface area (TPSA) is 129 Å². The molecule has 12 heteroatoms. The van der Waals surface area contributed by atoms with Crippen molar-refractivity contribution in [3.8, 4) is 22.9 Å². The molecule has 0 spiro atoms. The van der Waals surface area contributed by atoms with Crippen LogP contribution in [0.4, 0.5) is 5.82 Å². The van der Waals surface area contributed by atoms with Crippen LogP contribution in [0.2, 0.25) is 11.1 Å². The molecular weight excluding hydrogens is 534 g/mol. The second kappa shape index (κ2) is 11.0. The molecule has 4 aromatic rings. The zero-order valence-electron chi connectivity index (χ0n) is 21.6. The molecule has 4 aromatic heterocycles. The Morgan fingerprint density at radius 3 is 2.85 bits per heavy atom. The molecule has 1 saturated heterocycles. The van der Waals surface area contributed by atoms with Crippen molar-refractivity contribution in [2.75, 3.05) is 24.6 Å². The average molecular weight is 562 g/mol. The Labute approximate surface area is 232 Å². The van der Waals surface area contributed by atoms with Gasteiger partial charge in [0.25, 0.3) is 5.91 Å². The predicted octanol–water partition coefficient (Wildman–Crippen LogP) is 3.37. The first-order valence-corrected chi connectivity index (χ1v) is 15.1. The molecule has 2 atom stereocenters. The minimum atomic E-state index is -2.13. The first-order valence-electron chi connectivity index (χ1n) is 12.8. The van der Waals surface area contributed by atoms with Crippen LogP contribution < -0.4 is 14.6 Å². The van der Waals surface area contributed by atoms with Crippen molar-refractivity contribution in [2.45, 2.75) is 31.5 Å². The van der Waals surface area contributed by atoms with Gasteiger partial charge in [-0.3, -0.25) is 4.79 Å². The SMILES string of the molecule is CCOc1cc(-c2ccc(N3CC[Si@H](NC(=O)c4ncccc4Cl)[C@](O)(CC)C3)nc2)c2c(C#N)cnn2c1. The van der Waals surface area contributed by atoms with Gasteiger partial charge in [0.1, 0.15) is 23.3 Å². The summed E-state index contributed by atoms with van der Waals surface area (Å²) in [6, 6.07) is 11.9. The number of hydrogen-bond donors (Lipinski definition) is 2. The number of carbonyl (C=O) groups is 1. The standard InChI is InChI=1S/C27H28ClN7O3Si/c1-3-27(37)17-34(10-11-39(27)33-26(36)24-22(28)6-5-9-30-24)23-8-7-18(14-31-23)21-12-20(38-4-2)16-35-25(21)19(13-29)15-32-35/h5-9,12,14-16,37,39H,3-4,10-11,17H2,1-2H3,(H,33,36)/t27-,39+/m1/s1. The van der Waals surface area contributed by atoms with E-state index in [0.29, 0.717) is 49.0 Å². The number of aromatic nitrogens is 4. The lowest BCUT2D eigenvalue weighted by Crippen LogP contribution is -2.66. The Bertz CT molecular complexity index is 1560. The minimum Gasteiger partial charge on any atom is -0.492 e. The number of ether oxygens (including phenoxy) is 1. The Kier molecular flexibility index (Phi) is 7.52. The second-order valence-corrected chi connectivity index (χ2v) is 12.9.